The number of halogens is 1. The molecule has 1 rings (SSSR count). The number of rotatable bonds is 6. The zero-order valence-electron chi connectivity index (χ0n) is 10.9. The van der Waals surface area contributed by atoms with Crippen LogP contribution in [0.1, 0.15) is 36.2 Å². The van der Waals surface area contributed by atoms with E-state index in [2.05, 4.69) is 5.32 Å². The predicted molar refractivity (Wildman–Crippen MR) is 73.8 cm³/mol. The van der Waals surface area contributed by atoms with Gasteiger partial charge in [-0.15, -0.1) is 11.6 Å². The smallest absolute Gasteiger partial charge is 0.251 e. The van der Waals surface area contributed by atoms with E-state index in [0.717, 1.165) is 5.56 Å². The molecule has 0 heterocycles. The Labute approximate surface area is 113 Å². The third-order valence-electron chi connectivity index (χ3n) is 2.89. The fraction of sp³-hybridized carbons (Fsp3) is 0.500. The largest absolute Gasteiger partial charge is 0.396 e. The van der Waals surface area contributed by atoms with Gasteiger partial charge in [0.1, 0.15) is 0 Å². The van der Waals surface area contributed by atoms with E-state index in [0.29, 0.717) is 24.4 Å². The van der Waals surface area contributed by atoms with E-state index in [1.54, 1.807) is 12.1 Å². The molecule has 1 aromatic rings. The minimum atomic E-state index is -0.0967. The second kappa shape index (κ2) is 6.76. The lowest BCUT2D eigenvalue weighted by atomic mass is 9.89. The molecule has 3 nitrogen and oxygen atoms in total. The van der Waals surface area contributed by atoms with Crippen LogP contribution in [0, 0.1) is 5.41 Å². The third kappa shape index (κ3) is 4.67. The average molecular weight is 270 g/mol. The maximum Gasteiger partial charge on any atom is 0.251 e. The van der Waals surface area contributed by atoms with Crippen molar-refractivity contribution in [2.45, 2.75) is 26.1 Å². The Morgan fingerprint density at radius 2 is 1.94 bits per heavy atom. The lowest BCUT2D eigenvalue weighted by Gasteiger charge is -2.23. The lowest BCUT2D eigenvalue weighted by molar-refractivity contribution is 0.0928. The van der Waals surface area contributed by atoms with Crippen molar-refractivity contribution in [1.82, 2.24) is 5.32 Å². The second-order valence-corrected chi connectivity index (χ2v) is 5.42. The molecule has 0 unspecified atom stereocenters. The molecule has 0 spiro atoms. The summed E-state index contributed by atoms with van der Waals surface area (Å²) in [4.78, 5) is 11.9. The summed E-state index contributed by atoms with van der Waals surface area (Å²) in [5.74, 6) is 0.355. The summed E-state index contributed by atoms with van der Waals surface area (Å²) < 4.78 is 0. The number of nitrogens with one attached hydrogen (secondary N) is 1. The molecule has 1 aromatic carbocycles. The molecule has 0 bridgehead atoms. The molecule has 0 radical (unpaired) electrons. The Balaban J connectivity index is 2.54. The first-order chi connectivity index (χ1) is 8.48. The lowest BCUT2D eigenvalue weighted by Crippen LogP contribution is -2.34. The van der Waals surface area contributed by atoms with Crippen molar-refractivity contribution >= 4 is 17.5 Å². The van der Waals surface area contributed by atoms with Crippen LogP contribution in [0.15, 0.2) is 24.3 Å². The molecule has 0 aliphatic carbocycles. The van der Waals surface area contributed by atoms with Crippen LogP contribution in [-0.2, 0) is 5.88 Å². The number of aliphatic hydroxyl groups is 1. The highest BCUT2D eigenvalue weighted by Gasteiger charge is 2.18. The molecule has 0 atom stereocenters. The number of alkyl halides is 1. The van der Waals surface area contributed by atoms with Crippen molar-refractivity contribution in [3.05, 3.63) is 35.4 Å². The highest BCUT2D eigenvalue weighted by atomic mass is 35.5. The van der Waals surface area contributed by atoms with E-state index in [4.69, 9.17) is 16.7 Å². The molecule has 18 heavy (non-hydrogen) atoms. The van der Waals surface area contributed by atoms with E-state index in [1.807, 2.05) is 26.0 Å². The van der Waals surface area contributed by atoms with Crippen LogP contribution in [0.4, 0.5) is 0 Å². The van der Waals surface area contributed by atoms with E-state index < -0.39 is 0 Å². The molecule has 4 heteroatoms. The summed E-state index contributed by atoms with van der Waals surface area (Å²) in [7, 11) is 0. The number of benzene rings is 1. The van der Waals surface area contributed by atoms with Gasteiger partial charge in [0, 0.05) is 24.6 Å². The molecule has 2 N–H and O–H groups in total. The fourth-order valence-electron chi connectivity index (χ4n) is 1.56. The Kier molecular flexibility index (Phi) is 5.63. The molecular formula is C14H20ClNO2. The first-order valence-corrected chi connectivity index (χ1v) is 6.56. The number of aliphatic hydroxyl groups excluding tert-OH is 1. The zero-order valence-corrected chi connectivity index (χ0v) is 11.6. The van der Waals surface area contributed by atoms with Crippen molar-refractivity contribution in [3.63, 3.8) is 0 Å². The topological polar surface area (TPSA) is 49.3 Å². The number of hydrogen-bond donors (Lipinski definition) is 2. The van der Waals surface area contributed by atoms with Crippen LogP contribution in [0.2, 0.25) is 0 Å². The maximum absolute atomic E-state index is 11.9. The average Bonchev–Trinajstić information content (AvgIpc) is 2.36. The number of carbonyl (C=O) groups excluding carboxylic acids is 1. The first kappa shape index (κ1) is 15.0. The Morgan fingerprint density at radius 1 is 1.33 bits per heavy atom. The maximum atomic E-state index is 11.9. The molecule has 0 saturated carbocycles. The van der Waals surface area contributed by atoms with Crippen molar-refractivity contribution in [3.8, 4) is 0 Å². The molecule has 0 saturated heterocycles. The molecule has 0 aliphatic rings. The zero-order chi connectivity index (χ0) is 13.6. The molecular weight excluding hydrogens is 250 g/mol. The SMILES string of the molecule is CC(C)(CCO)CNC(=O)c1ccc(CCl)cc1. The van der Waals surface area contributed by atoms with Crippen LogP contribution in [0.25, 0.3) is 0 Å². The van der Waals surface area contributed by atoms with Crippen LogP contribution in [0.5, 0.6) is 0 Å². The van der Waals surface area contributed by atoms with Gasteiger partial charge in [-0.2, -0.15) is 0 Å². The van der Waals surface area contributed by atoms with Crippen LogP contribution < -0.4 is 5.32 Å². The quantitative estimate of drug-likeness (QED) is 0.780. The van der Waals surface area contributed by atoms with Gasteiger partial charge in [0.15, 0.2) is 0 Å². The first-order valence-electron chi connectivity index (χ1n) is 6.02. The van der Waals surface area contributed by atoms with Gasteiger partial charge < -0.3 is 10.4 Å². The van der Waals surface area contributed by atoms with E-state index in [9.17, 15) is 4.79 Å². The normalized spacial score (nSPS) is 11.3. The number of amides is 1. The summed E-state index contributed by atoms with van der Waals surface area (Å²) in [5, 5.41) is 11.8. The van der Waals surface area contributed by atoms with E-state index >= 15 is 0 Å². The number of hydrogen-bond acceptors (Lipinski definition) is 2. The molecule has 1 amide bonds. The van der Waals surface area contributed by atoms with Gasteiger partial charge in [-0.25, -0.2) is 0 Å². The molecule has 0 aliphatic heterocycles. The predicted octanol–water partition coefficient (Wildman–Crippen LogP) is 2.56. The van der Waals surface area contributed by atoms with Crippen molar-refractivity contribution < 1.29 is 9.90 Å². The molecule has 0 aromatic heterocycles. The van der Waals surface area contributed by atoms with Gasteiger partial charge in [-0.3, -0.25) is 4.79 Å². The van der Waals surface area contributed by atoms with Gasteiger partial charge in [-0.05, 0) is 29.5 Å². The summed E-state index contributed by atoms with van der Waals surface area (Å²) in [6, 6.07) is 7.24. The standard InChI is InChI=1S/C14H20ClNO2/c1-14(2,7-8-17)10-16-13(18)12-5-3-11(9-15)4-6-12/h3-6,17H,7-10H2,1-2H3,(H,16,18). The molecule has 100 valence electrons. The summed E-state index contributed by atoms with van der Waals surface area (Å²) in [5.41, 5.74) is 1.53. The summed E-state index contributed by atoms with van der Waals surface area (Å²) in [6.07, 6.45) is 0.665. The summed E-state index contributed by atoms with van der Waals surface area (Å²) in [6.45, 7) is 4.71. The highest BCUT2D eigenvalue weighted by Crippen LogP contribution is 2.18. The second-order valence-electron chi connectivity index (χ2n) is 5.15. The minimum absolute atomic E-state index is 0.0952. The van der Waals surface area contributed by atoms with Crippen LogP contribution in [-0.4, -0.2) is 24.2 Å². The summed E-state index contributed by atoms with van der Waals surface area (Å²) >= 11 is 5.69. The van der Waals surface area contributed by atoms with Crippen molar-refractivity contribution in [1.29, 1.82) is 0 Å². The van der Waals surface area contributed by atoms with Gasteiger partial charge >= 0.3 is 0 Å². The fourth-order valence-corrected chi connectivity index (χ4v) is 1.74. The minimum Gasteiger partial charge on any atom is -0.396 e. The Morgan fingerprint density at radius 3 is 2.44 bits per heavy atom. The van der Waals surface area contributed by atoms with Gasteiger partial charge in [-0.1, -0.05) is 26.0 Å². The van der Waals surface area contributed by atoms with Gasteiger partial charge in [0.05, 0.1) is 0 Å². The number of carbonyl (C=O) groups is 1. The van der Waals surface area contributed by atoms with Gasteiger partial charge in [0.2, 0.25) is 0 Å². The van der Waals surface area contributed by atoms with Crippen molar-refractivity contribution in [2.75, 3.05) is 13.2 Å². The van der Waals surface area contributed by atoms with Crippen molar-refractivity contribution in [2.24, 2.45) is 5.41 Å². The van der Waals surface area contributed by atoms with Crippen LogP contribution in [0.3, 0.4) is 0 Å². The Bertz CT molecular complexity index is 387. The van der Waals surface area contributed by atoms with E-state index in [-0.39, 0.29) is 17.9 Å². The van der Waals surface area contributed by atoms with Gasteiger partial charge in [0.25, 0.3) is 5.91 Å². The van der Waals surface area contributed by atoms with E-state index in [1.165, 1.54) is 0 Å². The molecule has 0 fully saturated rings. The Hall–Kier alpha value is -1.06. The van der Waals surface area contributed by atoms with Crippen LogP contribution >= 0.6 is 11.6 Å². The monoisotopic (exact) mass is 269 g/mol. The third-order valence-corrected chi connectivity index (χ3v) is 3.20. The highest BCUT2D eigenvalue weighted by molar-refractivity contribution is 6.17.